The number of anilines is 2. The largest absolute Gasteiger partial charge is 0.573 e. The molecule has 296 valence electrons. The molecule has 58 heavy (non-hydrogen) atoms. The number of carbonyl (C=O) groups excluding carboxylic acids is 4. The van der Waals surface area contributed by atoms with Crippen LogP contribution in [0.5, 0.6) is 11.5 Å². The molecule has 2 aliphatic heterocycles. The fraction of sp³-hybridized carbons (Fsp3) is 0.279. The van der Waals surface area contributed by atoms with Gasteiger partial charge in [0.05, 0.1) is 33.7 Å². The molecule has 4 aliphatic rings. The molecule has 3 aromatic carbocycles. The van der Waals surface area contributed by atoms with E-state index in [0.717, 1.165) is 54.1 Å². The van der Waals surface area contributed by atoms with Gasteiger partial charge in [-0.3, -0.25) is 28.8 Å². The highest BCUT2D eigenvalue weighted by Crippen LogP contribution is 2.65. The van der Waals surface area contributed by atoms with Crippen molar-refractivity contribution in [2.45, 2.75) is 39.0 Å². The Bertz CT molecular complexity index is 2670. The average molecular weight is 827 g/mol. The van der Waals surface area contributed by atoms with Gasteiger partial charge in [0, 0.05) is 34.3 Å². The van der Waals surface area contributed by atoms with Crippen LogP contribution in [0.4, 0.5) is 24.7 Å². The van der Waals surface area contributed by atoms with Gasteiger partial charge in [-0.2, -0.15) is 5.10 Å². The monoisotopic (exact) mass is 826 g/mol. The van der Waals surface area contributed by atoms with Crippen LogP contribution in [0.2, 0.25) is 5.02 Å². The number of carbonyl (C=O) groups is 4. The maximum absolute atomic E-state index is 15.1. The number of fused-ring (bicyclic) bond motifs is 5. The van der Waals surface area contributed by atoms with Crippen molar-refractivity contribution in [3.8, 4) is 22.1 Å². The minimum Gasteiger partial charge on any atom is -0.508 e. The molecule has 4 amide bonds. The number of amides is 4. The molecule has 2 aliphatic carbocycles. The Balaban J connectivity index is 1.17. The fourth-order valence-electron chi connectivity index (χ4n) is 9.77. The van der Waals surface area contributed by atoms with Gasteiger partial charge in [-0.15, -0.1) is 24.5 Å². The number of rotatable bonds is 6. The summed E-state index contributed by atoms with van der Waals surface area (Å²) in [4.78, 5) is 61.5. The van der Waals surface area contributed by atoms with E-state index in [1.807, 2.05) is 19.1 Å². The van der Waals surface area contributed by atoms with E-state index < -0.39 is 76.5 Å². The average Bonchev–Trinajstić information content (AvgIpc) is 3.85. The van der Waals surface area contributed by atoms with Crippen molar-refractivity contribution >= 4 is 74.2 Å². The molecule has 0 unspecified atom stereocenters. The quantitative estimate of drug-likeness (QED) is 0.134. The lowest BCUT2D eigenvalue weighted by Gasteiger charge is -2.49. The van der Waals surface area contributed by atoms with Crippen LogP contribution in [0.3, 0.4) is 0 Å². The summed E-state index contributed by atoms with van der Waals surface area (Å²) in [5, 5.41) is 17.6. The van der Waals surface area contributed by atoms with E-state index in [1.54, 1.807) is 62.5 Å². The zero-order valence-electron chi connectivity index (χ0n) is 31.2. The van der Waals surface area contributed by atoms with Crippen molar-refractivity contribution < 1.29 is 42.2 Å². The highest BCUT2D eigenvalue weighted by atomic mass is 35.5. The Labute approximate surface area is 338 Å². The standard InChI is InChI=1S/C43H34ClF3N4O6S/c1-5-21-6-9-23(10-7-21)50-38(53)26-13-12-25-28(35(26)40(50)55)18-30-39(54)51(34-19-31(48-49(34)4)37-20(2)27-16-22(44)8-15-33(27)58-37)41(56)42(30,3)36(25)29-17-24(11-14-32(29)52)57-43(45,46)47/h5-12,14-17,19,26,28,30,35-36,52H,1,13,18H2,2-4H3/t26-,28+,30-,35-,36+,42+/m0/s1. The van der Waals surface area contributed by atoms with Crippen LogP contribution >= 0.6 is 22.9 Å². The molecule has 3 fully saturated rings. The number of halogens is 4. The molecular formula is C43H34ClF3N4O6S. The summed E-state index contributed by atoms with van der Waals surface area (Å²) in [5.74, 6) is -7.87. The third kappa shape index (κ3) is 5.55. The van der Waals surface area contributed by atoms with Gasteiger partial charge in [-0.1, -0.05) is 48.0 Å². The second-order valence-corrected chi connectivity index (χ2v) is 16.9. The van der Waals surface area contributed by atoms with E-state index in [0.29, 0.717) is 22.0 Å². The van der Waals surface area contributed by atoms with Crippen molar-refractivity contribution in [3.63, 3.8) is 0 Å². The van der Waals surface area contributed by atoms with E-state index in [9.17, 15) is 32.7 Å². The maximum atomic E-state index is 15.1. The number of hydrogen-bond acceptors (Lipinski definition) is 8. The van der Waals surface area contributed by atoms with E-state index >= 15 is 4.79 Å². The first kappa shape index (κ1) is 37.8. The number of alkyl halides is 3. The number of thiophene rings is 1. The van der Waals surface area contributed by atoms with Crippen LogP contribution in [-0.2, 0) is 26.2 Å². The summed E-state index contributed by atoms with van der Waals surface area (Å²) < 4.78 is 47.3. The Kier molecular flexibility index (Phi) is 8.57. The lowest BCUT2D eigenvalue weighted by Crippen LogP contribution is -2.49. The summed E-state index contributed by atoms with van der Waals surface area (Å²) in [5.41, 5.74) is 1.31. The van der Waals surface area contributed by atoms with Gasteiger partial charge in [-0.25, -0.2) is 4.90 Å². The van der Waals surface area contributed by atoms with Gasteiger partial charge < -0.3 is 9.84 Å². The lowest BCUT2D eigenvalue weighted by atomic mass is 9.51. The van der Waals surface area contributed by atoms with E-state index in [-0.39, 0.29) is 24.2 Å². The first-order valence-corrected chi connectivity index (χ1v) is 19.7. The van der Waals surface area contributed by atoms with Crippen molar-refractivity contribution in [1.29, 1.82) is 0 Å². The van der Waals surface area contributed by atoms with Gasteiger partial charge in [0.2, 0.25) is 23.6 Å². The molecule has 10 nitrogen and oxygen atoms in total. The third-order valence-electron chi connectivity index (χ3n) is 12.4. The van der Waals surface area contributed by atoms with Gasteiger partial charge >= 0.3 is 6.36 Å². The van der Waals surface area contributed by atoms with Gasteiger partial charge in [-0.05, 0) is 97.7 Å². The van der Waals surface area contributed by atoms with E-state index in [4.69, 9.17) is 16.7 Å². The molecule has 9 rings (SSSR count). The molecule has 4 heterocycles. The van der Waals surface area contributed by atoms with Crippen LogP contribution < -0.4 is 14.5 Å². The minimum absolute atomic E-state index is 0.0102. The number of allylic oxidation sites excluding steroid dienone is 2. The van der Waals surface area contributed by atoms with Crippen molar-refractivity contribution in [2.75, 3.05) is 9.80 Å². The summed E-state index contributed by atoms with van der Waals surface area (Å²) in [6, 6.07) is 17.0. The number of hydrogen-bond donors (Lipinski definition) is 1. The predicted molar refractivity (Wildman–Crippen MR) is 212 cm³/mol. The number of phenolic OH excluding ortho intramolecular Hbond substituents is 1. The number of imide groups is 2. The topological polar surface area (TPSA) is 122 Å². The van der Waals surface area contributed by atoms with Crippen molar-refractivity contribution in [1.82, 2.24) is 9.78 Å². The van der Waals surface area contributed by atoms with Crippen LogP contribution in [0.15, 0.2) is 85.0 Å². The number of aromatic nitrogens is 2. The highest BCUT2D eigenvalue weighted by Gasteiger charge is 2.68. The molecule has 1 saturated carbocycles. The number of nitrogens with zero attached hydrogens (tertiary/aromatic N) is 4. The fourth-order valence-corrected chi connectivity index (χ4v) is 11.1. The predicted octanol–water partition coefficient (Wildman–Crippen LogP) is 8.95. The Morgan fingerprint density at radius 1 is 0.983 bits per heavy atom. The summed E-state index contributed by atoms with van der Waals surface area (Å²) >= 11 is 7.77. The summed E-state index contributed by atoms with van der Waals surface area (Å²) in [6.07, 6.45) is -1.60. The molecule has 5 aromatic rings. The molecule has 0 bridgehead atoms. The number of benzene rings is 3. The molecule has 0 spiro atoms. The summed E-state index contributed by atoms with van der Waals surface area (Å²) in [7, 11) is 1.61. The highest BCUT2D eigenvalue weighted by molar-refractivity contribution is 7.22. The van der Waals surface area contributed by atoms with Crippen molar-refractivity contribution in [3.05, 3.63) is 107 Å². The lowest BCUT2D eigenvalue weighted by molar-refractivity contribution is -0.274. The number of aromatic hydroxyl groups is 1. The van der Waals surface area contributed by atoms with Crippen LogP contribution in [-0.4, -0.2) is 44.9 Å². The Hall–Kier alpha value is -5.73. The van der Waals surface area contributed by atoms with E-state index in [1.165, 1.54) is 16.0 Å². The minimum atomic E-state index is -5.07. The number of ether oxygens (including phenoxy) is 1. The van der Waals surface area contributed by atoms with Crippen molar-refractivity contribution in [2.24, 2.45) is 36.1 Å². The van der Waals surface area contributed by atoms with Gasteiger partial charge in [0.1, 0.15) is 23.0 Å². The normalized spacial score (nSPS) is 25.6. The van der Waals surface area contributed by atoms with Gasteiger partial charge in [0.25, 0.3) is 0 Å². The van der Waals surface area contributed by atoms with Gasteiger partial charge in [0.15, 0.2) is 0 Å². The number of phenols is 1. The second kappa shape index (κ2) is 13.1. The zero-order chi connectivity index (χ0) is 41.2. The number of aryl methyl sites for hydroxylation is 2. The summed E-state index contributed by atoms with van der Waals surface area (Å²) in [6.45, 7) is 7.27. The van der Waals surface area contributed by atoms with E-state index in [2.05, 4.69) is 11.3 Å². The zero-order valence-corrected chi connectivity index (χ0v) is 32.8. The third-order valence-corrected chi connectivity index (χ3v) is 14.0. The molecule has 15 heteroatoms. The second-order valence-electron chi connectivity index (χ2n) is 15.4. The molecule has 0 radical (unpaired) electrons. The Morgan fingerprint density at radius 3 is 2.43 bits per heavy atom. The first-order valence-electron chi connectivity index (χ1n) is 18.5. The SMILES string of the molecule is C=Cc1ccc(N2C(=O)[C@H]3[C@H](CC=C4[C@H]3C[C@H]3C(=O)N(c5cc(-c6sc7ccc(Cl)cc7c6C)nn5C)C(=O)[C@@]3(C)[C@H]4c3cc(OC(F)(F)F)ccc3O)C2=O)cc1. The molecule has 2 aromatic heterocycles. The smallest absolute Gasteiger partial charge is 0.508 e. The Morgan fingerprint density at radius 2 is 1.72 bits per heavy atom. The van der Waals surface area contributed by atoms with Crippen LogP contribution in [0.25, 0.3) is 26.7 Å². The first-order chi connectivity index (χ1) is 27.5. The van der Waals surface area contributed by atoms with Crippen LogP contribution in [0, 0.1) is 36.0 Å². The maximum Gasteiger partial charge on any atom is 0.573 e. The molecule has 6 atom stereocenters. The molecule has 2 saturated heterocycles. The molecule has 1 N–H and O–H groups in total. The van der Waals surface area contributed by atoms with Crippen LogP contribution in [0.1, 0.15) is 42.4 Å². The molecular weight excluding hydrogens is 793 g/mol.